The molecule has 0 saturated carbocycles. The van der Waals surface area contributed by atoms with Crippen molar-refractivity contribution in [3.63, 3.8) is 0 Å². The molecule has 5 heteroatoms. The van der Waals surface area contributed by atoms with Gasteiger partial charge in [-0.3, -0.25) is 4.79 Å². The summed E-state index contributed by atoms with van der Waals surface area (Å²) < 4.78 is 40.9. The molecule has 0 aromatic heterocycles. The minimum absolute atomic E-state index is 0.315. The summed E-state index contributed by atoms with van der Waals surface area (Å²) in [6.07, 6.45) is -5.90. The monoisotopic (exact) mass is 246 g/mol. The van der Waals surface area contributed by atoms with E-state index in [4.69, 9.17) is 4.74 Å². The third-order valence-corrected chi connectivity index (χ3v) is 2.37. The van der Waals surface area contributed by atoms with Crippen molar-refractivity contribution in [2.45, 2.75) is 25.9 Å². The summed E-state index contributed by atoms with van der Waals surface area (Å²) in [6.45, 7) is 1.67. The highest BCUT2D eigenvalue weighted by Crippen LogP contribution is 2.24. The Hall–Kier alpha value is -1.52. The minimum atomic E-state index is -4.30. The van der Waals surface area contributed by atoms with Gasteiger partial charge in [0, 0.05) is 12.0 Å². The predicted molar refractivity (Wildman–Crippen MR) is 57.4 cm³/mol. The van der Waals surface area contributed by atoms with Crippen LogP contribution < -0.4 is 4.74 Å². The second-order valence-corrected chi connectivity index (χ2v) is 3.72. The summed E-state index contributed by atoms with van der Waals surface area (Å²) in [7, 11) is 1.49. The van der Waals surface area contributed by atoms with Gasteiger partial charge in [-0.25, -0.2) is 0 Å². The van der Waals surface area contributed by atoms with E-state index in [0.717, 1.165) is 0 Å². The highest BCUT2D eigenvalue weighted by Gasteiger charge is 2.28. The Labute approximate surface area is 97.4 Å². The zero-order valence-corrected chi connectivity index (χ0v) is 9.60. The molecule has 0 spiro atoms. The van der Waals surface area contributed by atoms with Crippen LogP contribution in [0.2, 0.25) is 0 Å². The fourth-order valence-electron chi connectivity index (χ4n) is 1.47. The summed E-state index contributed by atoms with van der Waals surface area (Å²) >= 11 is 0. The van der Waals surface area contributed by atoms with Gasteiger partial charge >= 0.3 is 6.18 Å². The van der Waals surface area contributed by atoms with Crippen molar-refractivity contribution in [1.29, 1.82) is 0 Å². The van der Waals surface area contributed by atoms with Crippen LogP contribution in [0.5, 0.6) is 5.75 Å². The van der Waals surface area contributed by atoms with Crippen LogP contribution in [0.1, 0.15) is 28.8 Å². The lowest BCUT2D eigenvalue weighted by atomic mass is 10.0. The second-order valence-electron chi connectivity index (χ2n) is 3.72. The Morgan fingerprint density at radius 2 is 2.00 bits per heavy atom. The quantitative estimate of drug-likeness (QED) is 0.760. The number of ether oxygens (including phenoxy) is 1. The molecule has 0 radical (unpaired) electrons. The van der Waals surface area contributed by atoms with Gasteiger partial charge in [-0.1, -0.05) is 0 Å². The molecule has 17 heavy (non-hydrogen) atoms. The molecule has 0 aliphatic heterocycles. The van der Waals surface area contributed by atoms with Crippen LogP contribution in [0.15, 0.2) is 18.2 Å². The van der Waals surface area contributed by atoms with Gasteiger partial charge in [-0.05, 0) is 30.7 Å². The summed E-state index contributed by atoms with van der Waals surface area (Å²) in [5.74, 6) is 0.0809. The first kappa shape index (κ1) is 13.5. The number of hydrogen-bond donors (Lipinski definition) is 0. The number of ketones is 1. The van der Waals surface area contributed by atoms with E-state index in [2.05, 4.69) is 0 Å². The number of rotatable bonds is 4. The first-order valence-corrected chi connectivity index (χ1v) is 5.08. The van der Waals surface area contributed by atoms with Gasteiger partial charge in [-0.2, -0.15) is 13.2 Å². The van der Waals surface area contributed by atoms with Crippen LogP contribution in [0.4, 0.5) is 13.2 Å². The number of benzene rings is 1. The van der Waals surface area contributed by atoms with E-state index in [9.17, 15) is 18.0 Å². The summed E-state index contributed by atoms with van der Waals surface area (Å²) in [4.78, 5) is 11.6. The van der Waals surface area contributed by atoms with Crippen LogP contribution in [-0.2, 0) is 0 Å². The van der Waals surface area contributed by atoms with Crippen LogP contribution in [0.3, 0.4) is 0 Å². The van der Waals surface area contributed by atoms with E-state index >= 15 is 0 Å². The van der Waals surface area contributed by atoms with E-state index in [0.29, 0.717) is 16.9 Å². The molecule has 1 aromatic rings. The first-order chi connectivity index (χ1) is 7.83. The van der Waals surface area contributed by atoms with Gasteiger partial charge < -0.3 is 4.74 Å². The lowest BCUT2D eigenvalue weighted by Crippen LogP contribution is -2.11. The molecule has 1 aromatic carbocycles. The minimum Gasteiger partial charge on any atom is -0.497 e. The van der Waals surface area contributed by atoms with Crippen LogP contribution >= 0.6 is 0 Å². The van der Waals surface area contributed by atoms with E-state index < -0.39 is 24.8 Å². The number of alkyl halides is 3. The van der Waals surface area contributed by atoms with Crippen molar-refractivity contribution in [2.24, 2.45) is 0 Å². The Balaban J connectivity index is 2.76. The Kier molecular flexibility index (Phi) is 4.15. The molecule has 0 saturated heterocycles. The van der Waals surface area contributed by atoms with Crippen LogP contribution in [0, 0.1) is 6.92 Å². The molecular weight excluding hydrogens is 233 g/mol. The maximum absolute atomic E-state index is 12.0. The highest BCUT2D eigenvalue weighted by molar-refractivity contribution is 5.97. The van der Waals surface area contributed by atoms with Gasteiger partial charge in [0.05, 0.1) is 13.5 Å². The van der Waals surface area contributed by atoms with E-state index in [1.165, 1.54) is 13.2 Å². The zero-order chi connectivity index (χ0) is 13.1. The van der Waals surface area contributed by atoms with Crippen molar-refractivity contribution in [2.75, 3.05) is 7.11 Å². The van der Waals surface area contributed by atoms with Crippen molar-refractivity contribution >= 4 is 5.78 Å². The number of methoxy groups -OCH3 is 1. The number of halogens is 3. The SMILES string of the molecule is COc1ccc(C(=O)CCC(F)(F)F)c(C)c1. The highest BCUT2D eigenvalue weighted by atomic mass is 19.4. The predicted octanol–water partition coefficient (Wildman–Crippen LogP) is 3.53. The maximum Gasteiger partial charge on any atom is 0.389 e. The number of Topliss-reactive ketones (excluding diaryl/α,β-unsaturated/α-hetero) is 1. The summed E-state index contributed by atoms with van der Waals surface area (Å²) in [5, 5.41) is 0. The number of aryl methyl sites for hydroxylation is 1. The largest absolute Gasteiger partial charge is 0.497 e. The third kappa shape index (κ3) is 4.09. The first-order valence-electron chi connectivity index (χ1n) is 5.08. The fraction of sp³-hybridized carbons (Fsp3) is 0.417. The molecular formula is C12H13F3O2. The number of carbonyl (C=O) groups is 1. The van der Waals surface area contributed by atoms with Crippen molar-refractivity contribution < 1.29 is 22.7 Å². The van der Waals surface area contributed by atoms with E-state index in [1.54, 1.807) is 19.1 Å². The van der Waals surface area contributed by atoms with Crippen molar-refractivity contribution in [1.82, 2.24) is 0 Å². The standard InChI is InChI=1S/C12H13F3O2/c1-8-7-9(17-2)3-4-10(8)11(16)5-6-12(13,14)15/h3-4,7H,5-6H2,1-2H3. The van der Waals surface area contributed by atoms with Gasteiger partial charge in [0.1, 0.15) is 5.75 Å². The van der Waals surface area contributed by atoms with Gasteiger partial charge in [-0.15, -0.1) is 0 Å². The Morgan fingerprint density at radius 3 is 2.47 bits per heavy atom. The summed E-state index contributed by atoms with van der Waals surface area (Å²) in [5.41, 5.74) is 0.937. The molecule has 0 aliphatic carbocycles. The normalized spacial score (nSPS) is 11.4. The average molecular weight is 246 g/mol. The molecule has 94 valence electrons. The van der Waals surface area contributed by atoms with Gasteiger partial charge in [0.2, 0.25) is 0 Å². The second kappa shape index (κ2) is 5.21. The molecule has 2 nitrogen and oxygen atoms in total. The smallest absolute Gasteiger partial charge is 0.389 e. The topological polar surface area (TPSA) is 26.3 Å². The molecule has 1 rings (SSSR count). The van der Waals surface area contributed by atoms with E-state index in [1.807, 2.05) is 0 Å². The molecule has 0 bridgehead atoms. The maximum atomic E-state index is 12.0. The van der Waals surface area contributed by atoms with Crippen molar-refractivity contribution in [3.05, 3.63) is 29.3 Å². The number of hydrogen-bond acceptors (Lipinski definition) is 2. The zero-order valence-electron chi connectivity index (χ0n) is 9.60. The molecule has 0 unspecified atom stereocenters. The Morgan fingerprint density at radius 1 is 1.35 bits per heavy atom. The number of carbonyl (C=O) groups excluding carboxylic acids is 1. The molecule has 0 aliphatic rings. The third-order valence-electron chi connectivity index (χ3n) is 2.37. The fourth-order valence-corrected chi connectivity index (χ4v) is 1.47. The van der Waals surface area contributed by atoms with Gasteiger partial charge in [0.15, 0.2) is 5.78 Å². The Bertz CT molecular complexity index is 411. The van der Waals surface area contributed by atoms with Crippen molar-refractivity contribution in [3.8, 4) is 5.75 Å². The average Bonchev–Trinajstić information content (AvgIpc) is 2.24. The summed E-state index contributed by atoms with van der Waals surface area (Å²) in [6, 6.07) is 4.68. The van der Waals surface area contributed by atoms with Crippen LogP contribution in [0.25, 0.3) is 0 Å². The molecule has 0 N–H and O–H groups in total. The molecule has 0 heterocycles. The molecule has 0 atom stereocenters. The van der Waals surface area contributed by atoms with Gasteiger partial charge in [0.25, 0.3) is 0 Å². The lowest BCUT2D eigenvalue weighted by Gasteiger charge is -2.08. The lowest BCUT2D eigenvalue weighted by molar-refractivity contribution is -0.133. The molecule has 0 amide bonds. The van der Waals surface area contributed by atoms with E-state index in [-0.39, 0.29) is 0 Å². The van der Waals surface area contributed by atoms with Crippen LogP contribution in [-0.4, -0.2) is 19.1 Å². The molecule has 0 fully saturated rings.